The fourth-order valence-electron chi connectivity index (χ4n) is 2.02. The molecule has 2 N–H and O–H groups in total. The number of aromatic hydroxyl groups is 1. The van der Waals surface area contributed by atoms with E-state index in [0.29, 0.717) is 5.56 Å². The zero-order valence-electron chi connectivity index (χ0n) is 13.2. The number of nitro benzene ring substituents is 1. The van der Waals surface area contributed by atoms with Crippen molar-refractivity contribution in [1.82, 2.24) is 10.4 Å². The highest BCUT2D eigenvalue weighted by atomic mass is 32.2. The number of nitrogens with one attached hydrogen (secondary N) is 1. The number of aromatic nitrogens is 1. The molecule has 2 aromatic carbocycles. The largest absolute Gasteiger partial charge is 0.502 e. The third-order valence-electron chi connectivity index (χ3n) is 3.20. The van der Waals surface area contributed by atoms with E-state index in [1.807, 2.05) is 24.3 Å². The third-order valence-corrected chi connectivity index (χ3v) is 5.38. The number of thiazole rings is 1. The number of hydrazone groups is 1. The normalized spacial score (nSPS) is 11.1. The molecule has 1 heterocycles. The summed E-state index contributed by atoms with van der Waals surface area (Å²) in [4.78, 5) is 26.3. The number of nitro groups is 1. The molecule has 3 aromatic rings. The van der Waals surface area contributed by atoms with Gasteiger partial charge in [-0.05, 0) is 24.3 Å². The summed E-state index contributed by atoms with van der Waals surface area (Å²) in [5.41, 5.74) is 3.21. The van der Waals surface area contributed by atoms with Crippen molar-refractivity contribution in [2.45, 2.75) is 4.34 Å². The van der Waals surface area contributed by atoms with E-state index in [4.69, 9.17) is 0 Å². The van der Waals surface area contributed by atoms with Crippen molar-refractivity contribution in [2.75, 3.05) is 5.75 Å². The molecular formula is C16H12N4O4S2. The first kappa shape index (κ1) is 17.8. The quantitative estimate of drug-likeness (QED) is 0.290. The standard InChI is InChI=1S/C16H12N4O4S2/c21-13-6-5-10(7-12(13)20(23)24)8-17-19-15(22)9-25-16-18-11-3-1-2-4-14(11)26-16/h1-8,21H,9H2,(H,19,22). The lowest BCUT2D eigenvalue weighted by Crippen LogP contribution is -2.19. The van der Waals surface area contributed by atoms with Gasteiger partial charge in [-0.2, -0.15) is 5.10 Å². The Labute approximate surface area is 155 Å². The van der Waals surface area contributed by atoms with Crippen LogP contribution in [0.25, 0.3) is 10.2 Å². The van der Waals surface area contributed by atoms with E-state index in [9.17, 15) is 20.0 Å². The molecule has 26 heavy (non-hydrogen) atoms. The van der Waals surface area contributed by atoms with E-state index in [1.54, 1.807) is 0 Å². The number of benzene rings is 2. The molecule has 0 saturated carbocycles. The van der Waals surface area contributed by atoms with Crippen molar-refractivity contribution in [2.24, 2.45) is 5.10 Å². The number of amides is 1. The molecule has 0 aliphatic rings. The number of hydrogen-bond acceptors (Lipinski definition) is 8. The Kier molecular flexibility index (Phi) is 5.44. The number of thioether (sulfide) groups is 1. The number of rotatable bonds is 6. The molecule has 0 radical (unpaired) electrons. The maximum atomic E-state index is 11.8. The van der Waals surface area contributed by atoms with Crippen LogP contribution in [0.15, 0.2) is 51.9 Å². The summed E-state index contributed by atoms with van der Waals surface area (Å²) in [6.45, 7) is 0. The number of nitrogens with zero attached hydrogens (tertiary/aromatic N) is 3. The van der Waals surface area contributed by atoms with Gasteiger partial charge in [0.25, 0.3) is 5.91 Å². The van der Waals surface area contributed by atoms with E-state index in [0.717, 1.165) is 14.6 Å². The fraction of sp³-hybridized carbons (Fsp3) is 0.0625. The lowest BCUT2D eigenvalue weighted by Gasteiger charge is -1.99. The van der Waals surface area contributed by atoms with E-state index in [-0.39, 0.29) is 11.7 Å². The second kappa shape index (κ2) is 7.93. The number of hydrogen-bond donors (Lipinski definition) is 2. The summed E-state index contributed by atoms with van der Waals surface area (Å²) in [5, 5.41) is 23.9. The van der Waals surface area contributed by atoms with Crippen molar-refractivity contribution in [3.63, 3.8) is 0 Å². The molecule has 8 nitrogen and oxygen atoms in total. The molecule has 3 rings (SSSR count). The van der Waals surface area contributed by atoms with Gasteiger partial charge in [0.05, 0.1) is 27.1 Å². The summed E-state index contributed by atoms with van der Waals surface area (Å²) in [5.74, 6) is -0.602. The van der Waals surface area contributed by atoms with Crippen LogP contribution < -0.4 is 5.43 Å². The van der Waals surface area contributed by atoms with Crippen LogP contribution in [0.2, 0.25) is 0 Å². The van der Waals surface area contributed by atoms with Crippen molar-refractivity contribution in [3.05, 3.63) is 58.1 Å². The number of fused-ring (bicyclic) bond motifs is 1. The SMILES string of the molecule is O=C(CSc1nc2ccccc2s1)NN=Cc1ccc(O)c([N+](=O)[O-])c1. The van der Waals surface area contributed by atoms with Crippen LogP contribution in [0.1, 0.15) is 5.56 Å². The molecule has 0 bridgehead atoms. The second-order valence-electron chi connectivity index (χ2n) is 5.03. The van der Waals surface area contributed by atoms with Gasteiger partial charge in [-0.1, -0.05) is 23.9 Å². The van der Waals surface area contributed by atoms with E-state index in [1.165, 1.54) is 47.5 Å². The molecule has 10 heteroatoms. The smallest absolute Gasteiger partial charge is 0.311 e. The first-order valence-corrected chi connectivity index (χ1v) is 9.11. The number of phenols is 1. The first-order chi connectivity index (χ1) is 12.5. The highest BCUT2D eigenvalue weighted by Crippen LogP contribution is 2.29. The Balaban J connectivity index is 1.54. The van der Waals surface area contributed by atoms with Gasteiger partial charge in [0.15, 0.2) is 10.1 Å². The first-order valence-electron chi connectivity index (χ1n) is 7.30. The average molecular weight is 388 g/mol. The Morgan fingerprint density at radius 3 is 2.96 bits per heavy atom. The molecule has 1 amide bonds. The van der Waals surface area contributed by atoms with E-state index in [2.05, 4.69) is 15.5 Å². The number of carbonyl (C=O) groups excluding carboxylic acids is 1. The lowest BCUT2D eigenvalue weighted by atomic mass is 10.2. The van der Waals surface area contributed by atoms with E-state index >= 15 is 0 Å². The van der Waals surface area contributed by atoms with Gasteiger partial charge in [-0.15, -0.1) is 11.3 Å². The molecule has 0 saturated heterocycles. The highest BCUT2D eigenvalue weighted by molar-refractivity contribution is 8.01. The zero-order chi connectivity index (χ0) is 18.5. The topological polar surface area (TPSA) is 118 Å². The van der Waals surface area contributed by atoms with Gasteiger partial charge >= 0.3 is 5.69 Å². The Bertz CT molecular complexity index is 970. The van der Waals surface area contributed by atoms with Crippen LogP contribution in [-0.2, 0) is 4.79 Å². The second-order valence-corrected chi connectivity index (χ2v) is 7.29. The summed E-state index contributed by atoms with van der Waals surface area (Å²) >= 11 is 2.82. The summed E-state index contributed by atoms with van der Waals surface area (Å²) in [6.07, 6.45) is 1.27. The molecule has 0 aliphatic heterocycles. The minimum absolute atomic E-state index is 0.146. The number of para-hydroxylation sites is 1. The van der Waals surface area contributed by atoms with Crippen LogP contribution in [0.5, 0.6) is 5.75 Å². The summed E-state index contributed by atoms with van der Waals surface area (Å²) in [6, 6.07) is 11.5. The Hall–Kier alpha value is -2.98. The monoisotopic (exact) mass is 388 g/mol. The predicted molar refractivity (Wildman–Crippen MR) is 101 cm³/mol. The molecule has 0 atom stereocenters. The Morgan fingerprint density at radius 1 is 1.38 bits per heavy atom. The molecular weight excluding hydrogens is 376 g/mol. The van der Waals surface area contributed by atoms with Crippen LogP contribution in [-0.4, -0.2) is 32.9 Å². The molecule has 0 fully saturated rings. The predicted octanol–water partition coefficient (Wildman–Crippen LogP) is 3.15. The lowest BCUT2D eigenvalue weighted by molar-refractivity contribution is -0.385. The van der Waals surface area contributed by atoms with Crippen molar-refractivity contribution in [1.29, 1.82) is 0 Å². The van der Waals surface area contributed by atoms with Crippen molar-refractivity contribution < 1.29 is 14.8 Å². The maximum absolute atomic E-state index is 11.8. The van der Waals surface area contributed by atoms with Crippen LogP contribution in [0, 0.1) is 10.1 Å². The highest BCUT2D eigenvalue weighted by Gasteiger charge is 2.12. The van der Waals surface area contributed by atoms with Gasteiger partial charge < -0.3 is 5.11 Å². The van der Waals surface area contributed by atoms with Gasteiger partial charge in [-0.25, -0.2) is 10.4 Å². The molecule has 0 unspecified atom stereocenters. The molecule has 0 spiro atoms. The summed E-state index contributed by atoms with van der Waals surface area (Å²) < 4.78 is 1.85. The maximum Gasteiger partial charge on any atom is 0.311 e. The fourth-order valence-corrected chi connectivity index (χ4v) is 3.88. The van der Waals surface area contributed by atoms with Gasteiger partial charge in [-0.3, -0.25) is 14.9 Å². The summed E-state index contributed by atoms with van der Waals surface area (Å²) in [7, 11) is 0. The van der Waals surface area contributed by atoms with Gasteiger partial charge in [0.1, 0.15) is 0 Å². The van der Waals surface area contributed by atoms with E-state index < -0.39 is 16.4 Å². The minimum atomic E-state index is -0.695. The van der Waals surface area contributed by atoms with Gasteiger partial charge in [0, 0.05) is 11.6 Å². The van der Waals surface area contributed by atoms with Crippen LogP contribution in [0.4, 0.5) is 5.69 Å². The minimum Gasteiger partial charge on any atom is -0.502 e. The van der Waals surface area contributed by atoms with Crippen LogP contribution in [0.3, 0.4) is 0 Å². The number of phenolic OH excluding ortho intramolecular Hbond substituents is 1. The molecule has 0 aliphatic carbocycles. The van der Waals surface area contributed by atoms with Gasteiger partial charge in [0.2, 0.25) is 0 Å². The molecule has 1 aromatic heterocycles. The Morgan fingerprint density at radius 2 is 2.19 bits per heavy atom. The zero-order valence-corrected chi connectivity index (χ0v) is 14.8. The van der Waals surface area contributed by atoms with Crippen LogP contribution >= 0.6 is 23.1 Å². The van der Waals surface area contributed by atoms with Crippen molar-refractivity contribution in [3.8, 4) is 5.75 Å². The average Bonchev–Trinajstić information content (AvgIpc) is 3.04. The number of carbonyl (C=O) groups is 1. The van der Waals surface area contributed by atoms with Crippen molar-refractivity contribution >= 4 is 51.1 Å². The third kappa shape index (κ3) is 4.35. The molecule has 132 valence electrons.